The Morgan fingerprint density at radius 1 is 1.47 bits per heavy atom. The molecule has 2 aromatic rings. The highest BCUT2D eigenvalue weighted by Gasteiger charge is 2.21. The molecule has 1 fully saturated rings. The molecule has 1 atom stereocenters. The third-order valence-corrected chi connectivity index (χ3v) is 3.46. The molecule has 0 aromatic carbocycles. The molecule has 0 radical (unpaired) electrons. The van der Waals surface area contributed by atoms with Crippen molar-refractivity contribution >= 4 is 5.95 Å². The van der Waals surface area contributed by atoms with E-state index in [1.165, 1.54) is 0 Å². The van der Waals surface area contributed by atoms with E-state index in [2.05, 4.69) is 25.2 Å². The Kier molecular flexibility index (Phi) is 2.98. The molecule has 1 aliphatic heterocycles. The molecule has 3 rings (SSSR count). The van der Waals surface area contributed by atoms with Gasteiger partial charge in [0.2, 0.25) is 5.95 Å². The minimum atomic E-state index is 0.217. The van der Waals surface area contributed by atoms with E-state index < -0.39 is 0 Å². The van der Waals surface area contributed by atoms with Crippen LogP contribution in [0.5, 0.6) is 0 Å². The van der Waals surface area contributed by atoms with Gasteiger partial charge < -0.3 is 10.6 Å². The maximum Gasteiger partial charge on any atom is 0.245 e. The van der Waals surface area contributed by atoms with E-state index in [1.807, 2.05) is 24.7 Å². The van der Waals surface area contributed by atoms with Crippen LogP contribution in [0, 0.1) is 6.92 Å². The molecule has 7 nitrogen and oxygen atoms in total. The highest BCUT2D eigenvalue weighted by atomic mass is 15.4. The van der Waals surface area contributed by atoms with E-state index in [0.717, 1.165) is 49.1 Å². The van der Waals surface area contributed by atoms with Gasteiger partial charge >= 0.3 is 0 Å². The zero-order chi connectivity index (χ0) is 13.4. The molecule has 1 unspecified atom stereocenters. The average molecular weight is 261 g/mol. The molecule has 102 valence electrons. The van der Waals surface area contributed by atoms with Gasteiger partial charge in [0.15, 0.2) is 5.82 Å². The SMILES string of the molecule is Cc1cc(-c2nc(N3CCCC(N)C3)n[nH]2)n(C)n1. The van der Waals surface area contributed by atoms with Crippen LogP contribution in [0.25, 0.3) is 11.5 Å². The van der Waals surface area contributed by atoms with Crippen LogP contribution < -0.4 is 10.6 Å². The molecule has 3 heterocycles. The fourth-order valence-electron chi connectivity index (χ4n) is 2.53. The normalized spacial score (nSPS) is 19.9. The molecular formula is C12H19N7. The predicted molar refractivity (Wildman–Crippen MR) is 72.7 cm³/mol. The topological polar surface area (TPSA) is 88.7 Å². The minimum absolute atomic E-state index is 0.217. The van der Waals surface area contributed by atoms with Crippen molar-refractivity contribution in [2.24, 2.45) is 12.8 Å². The fourth-order valence-corrected chi connectivity index (χ4v) is 2.53. The Bertz CT molecular complexity index is 570. The molecule has 19 heavy (non-hydrogen) atoms. The largest absolute Gasteiger partial charge is 0.338 e. The predicted octanol–water partition coefficient (Wildman–Crippen LogP) is 0.441. The highest BCUT2D eigenvalue weighted by molar-refractivity contribution is 5.52. The van der Waals surface area contributed by atoms with Crippen molar-refractivity contribution in [2.45, 2.75) is 25.8 Å². The molecule has 3 N–H and O–H groups in total. The first-order valence-corrected chi connectivity index (χ1v) is 6.57. The van der Waals surface area contributed by atoms with E-state index in [-0.39, 0.29) is 6.04 Å². The van der Waals surface area contributed by atoms with Crippen LogP contribution in [0.15, 0.2) is 6.07 Å². The first-order chi connectivity index (χ1) is 9.13. The monoisotopic (exact) mass is 261 g/mol. The maximum atomic E-state index is 5.99. The minimum Gasteiger partial charge on any atom is -0.338 e. The Morgan fingerprint density at radius 3 is 3.00 bits per heavy atom. The quantitative estimate of drug-likeness (QED) is 0.819. The van der Waals surface area contributed by atoms with Crippen LogP contribution in [0.3, 0.4) is 0 Å². The second kappa shape index (κ2) is 4.65. The number of nitrogens with one attached hydrogen (secondary N) is 1. The summed E-state index contributed by atoms with van der Waals surface area (Å²) < 4.78 is 1.81. The molecule has 2 aromatic heterocycles. The van der Waals surface area contributed by atoms with Gasteiger partial charge in [0.25, 0.3) is 0 Å². The number of piperidine rings is 1. The first-order valence-electron chi connectivity index (χ1n) is 6.57. The summed E-state index contributed by atoms with van der Waals surface area (Å²) >= 11 is 0. The number of aryl methyl sites for hydroxylation is 2. The number of nitrogens with two attached hydrogens (primary N) is 1. The molecule has 0 aliphatic carbocycles. The van der Waals surface area contributed by atoms with Crippen molar-refractivity contribution in [3.63, 3.8) is 0 Å². The van der Waals surface area contributed by atoms with Gasteiger partial charge in [-0.2, -0.15) is 10.1 Å². The summed E-state index contributed by atoms with van der Waals surface area (Å²) in [5.74, 6) is 1.47. The lowest BCUT2D eigenvalue weighted by atomic mass is 10.1. The van der Waals surface area contributed by atoms with Gasteiger partial charge in [-0.3, -0.25) is 9.78 Å². The smallest absolute Gasteiger partial charge is 0.245 e. The third kappa shape index (κ3) is 2.33. The number of rotatable bonds is 2. The first kappa shape index (κ1) is 12.2. The summed E-state index contributed by atoms with van der Waals surface area (Å²) in [4.78, 5) is 6.69. The van der Waals surface area contributed by atoms with Crippen LogP contribution in [-0.4, -0.2) is 44.1 Å². The van der Waals surface area contributed by atoms with E-state index in [0.29, 0.717) is 0 Å². The Hall–Kier alpha value is -1.89. The van der Waals surface area contributed by atoms with Gasteiger partial charge in [0, 0.05) is 26.2 Å². The molecule has 0 amide bonds. The Morgan fingerprint density at radius 2 is 2.32 bits per heavy atom. The van der Waals surface area contributed by atoms with Crippen molar-refractivity contribution < 1.29 is 0 Å². The lowest BCUT2D eigenvalue weighted by Crippen LogP contribution is -2.43. The van der Waals surface area contributed by atoms with Crippen LogP contribution in [0.4, 0.5) is 5.95 Å². The van der Waals surface area contributed by atoms with Gasteiger partial charge in [0.05, 0.1) is 5.69 Å². The van der Waals surface area contributed by atoms with Crippen molar-refractivity contribution in [1.82, 2.24) is 25.0 Å². The van der Waals surface area contributed by atoms with Gasteiger partial charge in [0.1, 0.15) is 5.69 Å². The summed E-state index contributed by atoms with van der Waals surface area (Å²) in [7, 11) is 1.90. The highest BCUT2D eigenvalue weighted by Crippen LogP contribution is 2.20. The zero-order valence-corrected chi connectivity index (χ0v) is 11.3. The van der Waals surface area contributed by atoms with Gasteiger partial charge in [-0.25, -0.2) is 0 Å². The molecule has 1 saturated heterocycles. The third-order valence-electron chi connectivity index (χ3n) is 3.46. The van der Waals surface area contributed by atoms with Crippen molar-refractivity contribution in [1.29, 1.82) is 0 Å². The molecule has 0 spiro atoms. The van der Waals surface area contributed by atoms with Crippen molar-refractivity contribution in [2.75, 3.05) is 18.0 Å². The van der Waals surface area contributed by atoms with Gasteiger partial charge in [-0.05, 0) is 25.8 Å². The molecule has 1 aliphatic rings. The second-order valence-electron chi connectivity index (χ2n) is 5.13. The number of aromatic nitrogens is 5. The summed E-state index contributed by atoms with van der Waals surface area (Å²) in [6.07, 6.45) is 2.17. The Labute approximate surface area is 111 Å². The molecule has 0 saturated carbocycles. The maximum absolute atomic E-state index is 5.99. The lowest BCUT2D eigenvalue weighted by molar-refractivity contribution is 0.500. The number of anilines is 1. The van der Waals surface area contributed by atoms with E-state index in [1.54, 1.807) is 0 Å². The summed E-state index contributed by atoms with van der Waals surface area (Å²) in [5, 5.41) is 11.6. The summed E-state index contributed by atoms with van der Waals surface area (Å²) in [5.41, 5.74) is 7.90. The number of H-pyrrole nitrogens is 1. The molecule has 7 heteroatoms. The van der Waals surface area contributed by atoms with Gasteiger partial charge in [-0.15, -0.1) is 5.10 Å². The Balaban J connectivity index is 1.85. The number of hydrogen-bond acceptors (Lipinski definition) is 5. The van der Waals surface area contributed by atoms with E-state index >= 15 is 0 Å². The lowest BCUT2D eigenvalue weighted by Gasteiger charge is -2.29. The van der Waals surface area contributed by atoms with Crippen LogP contribution >= 0.6 is 0 Å². The molecule has 0 bridgehead atoms. The number of aromatic amines is 1. The van der Waals surface area contributed by atoms with Crippen molar-refractivity contribution in [3.8, 4) is 11.5 Å². The average Bonchev–Trinajstić information content (AvgIpc) is 2.96. The van der Waals surface area contributed by atoms with Crippen LogP contribution in [0.1, 0.15) is 18.5 Å². The van der Waals surface area contributed by atoms with Crippen LogP contribution in [-0.2, 0) is 7.05 Å². The summed E-state index contributed by atoms with van der Waals surface area (Å²) in [6, 6.07) is 2.21. The van der Waals surface area contributed by atoms with Crippen molar-refractivity contribution in [3.05, 3.63) is 11.8 Å². The van der Waals surface area contributed by atoms with Gasteiger partial charge in [-0.1, -0.05) is 0 Å². The van der Waals surface area contributed by atoms with E-state index in [9.17, 15) is 0 Å². The molecular weight excluding hydrogens is 242 g/mol. The van der Waals surface area contributed by atoms with E-state index in [4.69, 9.17) is 5.73 Å². The van der Waals surface area contributed by atoms with Crippen LogP contribution in [0.2, 0.25) is 0 Å². The zero-order valence-electron chi connectivity index (χ0n) is 11.3. The number of nitrogens with zero attached hydrogens (tertiary/aromatic N) is 5. The number of hydrogen-bond donors (Lipinski definition) is 2. The summed E-state index contributed by atoms with van der Waals surface area (Å²) in [6.45, 7) is 3.75. The standard InChI is InChI=1S/C12H19N7/c1-8-6-10(18(2)17-8)11-14-12(16-15-11)19-5-3-4-9(13)7-19/h6,9H,3-5,7,13H2,1-2H3,(H,14,15,16). The second-order valence-corrected chi connectivity index (χ2v) is 5.13. The fraction of sp³-hybridized carbons (Fsp3) is 0.583.